The third-order valence-corrected chi connectivity index (χ3v) is 1.82. The number of hydrogen-bond donors (Lipinski definition) is 1. The van der Waals surface area contributed by atoms with Crippen LogP contribution in [0.25, 0.3) is 0 Å². The smallest absolute Gasteiger partial charge is 0.134 e. The summed E-state index contributed by atoms with van der Waals surface area (Å²) >= 11 is 0. The first-order valence-electron chi connectivity index (χ1n) is 4.48. The van der Waals surface area contributed by atoms with Gasteiger partial charge in [-0.05, 0) is 12.8 Å². The van der Waals surface area contributed by atoms with Crippen molar-refractivity contribution < 1.29 is 4.79 Å². The van der Waals surface area contributed by atoms with E-state index in [9.17, 15) is 4.79 Å². The van der Waals surface area contributed by atoms with Crippen molar-refractivity contribution in [1.29, 1.82) is 0 Å². The van der Waals surface area contributed by atoms with Gasteiger partial charge in [0.15, 0.2) is 0 Å². The summed E-state index contributed by atoms with van der Waals surface area (Å²) in [5, 5.41) is 0. The van der Waals surface area contributed by atoms with Gasteiger partial charge >= 0.3 is 0 Å². The molecule has 0 amide bonds. The molecule has 1 atom stereocenters. The second kappa shape index (κ2) is 6.35. The summed E-state index contributed by atoms with van der Waals surface area (Å²) in [5.74, 6) is 0.321. The number of hydrogen-bond acceptors (Lipinski definition) is 2. The molecule has 0 heterocycles. The topological polar surface area (TPSA) is 43.1 Å². The van der Waals surface area contributed by atoms with Crippen LogP contribution >= 0.6 is 0 Å². The maximum atomic E-state index is 11.1. The molecule has 2 nitrogen and oxygen atoms in total. The Labute approximate surface area is 69.2 Å². The summed E-state index contributed by atoms with van der Waals surface area (Å²) in [4.78, 5) is 11.1. The Kier molecular flexibility index (Phi) is 6.13. The number of ketones is 1. The Balaban J connectivity index is 3.36. The first kappa shape index (κ1) is 10.6. The molecule has 0 radical (unpaired) electrons. The van der Waals surface area contributed by atoms with Crippen molar-refractivity contribution in [3.63, 3.8) is 0 Å². The molecule has 0 aromatic heterocycles. The summed E-state index contributed by atoms with van der Waals surface area (Å²) in [7, 11) is 0. The van der Waals surface area contributed by atoms with E-state index in [1.165, 1.54) is 0 Å². The highest BCUT2D eigenvalue weighted by atomic mass is 16.1. The summed E-state index contributed by atoms with van der Waals surface area (Å²) in [6, 6.07) is 0.0827. The molecule has 11 heavy (non-hydrogen) atoms. The lowest BCUT2D eigenvalue weighted by Crippen LogP contribution is -2.22. The van der Waals surface area contributed by atoms with E-state index in [-0.39, 0.29) is 6.04 Å². The van der Waals surface area contributed by atoms with Crippen molar-refractivity contribution >= 4 is 5.78 Å². The Morgan fingerprint density at radius 1 is 1.45 bits per heavy atom. The highest BCUT2D eigenvalue weighted by Crippen LogP contribution is 2.02. The van der Waals surface area contributed by atoms with Gasteiger partial charge in [-0.2, -0.15) is 0 Å². The lowest BCUT2D eigenvalue weighted by atomic mass is 10.1. The zero-order chi connectivity index (χ0) is 8.69. The minimum absolute atomic E-state index is 0.0827. The summed E-state index contributed by atoms with van der Waals surface area (Å²) in [6.07, 6.45) is 4.28. The lowest BCUT2D eigenvalue weighted by molar-refractivity contribution is -0.119. The second-order valence-corrected chi connectivity index (χ2v) is 3.01. The molecule has 0 bridgehead atoms. The van der Waals surface area contributed by atoms with E-state index in [4.69, 9.17) is 5.73 Å². The largest absolute Gasteiger partial charge is 0.327 e. The Morgan fingerprint density at radius 2 is 2.09 bits per heavy atom. The standard InChI is InChI=1S/C9H19NO/c1-3-5-6-9(11)7-8(10)4-2/h8H,3-7,10H2,1-2H3. The molecular weight excluding hydrogens is 138 g/mol. The molecular formula is C9H19NO. The SMILES string of the molecule is CCCCC(=O)CC(N)CC. The molecule has 1 unspecified atom stereocenters. The van der Waals surface area contributed by atoms with Crippen molar-refractivity contribution in [3.05, 3.63) is 0 Å². The predicted molar refractivity (Wildman–Crippen MR) is 47.4 cm³/mol. The van der Waals surface area contributed by atoms with E-state index < -0.39 is 0 Å². The van der Waals surface area contributed by atoms with Gasteiger partial charge in [0, 0.05) is 18.9 Å². The van der Waals surface area contributed by atoms with Gasteiger partial charge in [0.1, 0.15) is 5.78 Å². The normalized spacial score (nSPS) is 13.0. The van der Waals surface area contributed by atoms with Gasteiger partial charge in [0.05, 0.1) is 0 Å². The van der Waals surface area contributed by atoms with Crippen molar-refractivity contribution in [1.82, 2.24) is 0 Å². The van der Waals surface area contributed by atoms with E-state index in [2.05, 4.69) is 6.92 Å². The first-order valence-corrected chi connectivity index (χ1v) is 4.48. The molecule has 0 saturated carbocycles. The van der Waals surface area contributed by atoms with E-state index >= 15 is 0 Å². The van der Waals surface area contributed by atoms with Gasteiger partial charge in [-0.25, -0.2) is 0 Å². The van der Waals surface area contributed by atoms with Crippen molar-refractivity contribution in [2.45, 2.75) is 52.0 Å². The zero-order valence-electron chi connectivity index (χ0n) is 7.60. The maximum absolute atomic E-state index is 11.1. The molecule has 66 valence electrons. The fraction of sp³-hybridized carbons (Fsp3) is 0.889. The maximum Gasteiger partial charge on any atom is 0.134 e. The average molecular weight is 157 g/mol. The fourth-order valence-corrected chi connectivity index (χ4v) is 0.913. The quantitative estimate of drug-likeness (QED) is 0.639. The van der Waals surface area contributed by atoms with Crippen LogP contribution in [0, 0.1) is 0 Å². The third kappa shape index (κ3) is 6.05. The van der Waals surface area contributed by atoms with Crippen molar-refractivity contribution in [2.24, 2.45) is 5.73 Å². The van der Waals surface area contributed by atoms with Crippen LogP contribution in [0.2, 0.25) is 0 Å². The highest BCUT2D eigenvalue weighted by molar-refractivity contribution is 5.78. The number of rotatable bonds is 6. The number of nitrogens with two attached hydrogens (primary N) is 1. The Morgan fingerprint density at radius 3 is 2.55 bits per heavy atom. The molecule has 0 fully saturated rings. The summed E-state index contributed by atoms with van der Waals surface area (Å²) in [5.41, 5.74) is 5.62. The molecule has 0 rings (SSSR count). The number of unbranched alkanes of at least 4 members (excludes halogenated alkanes) is 1. The van der Waals surface area contributed by atoms with Crippen LogP contribution in [0.3, 0.4) is 0 Å². The molecule has 0 aromatic carbocycles. The van der Waals surface area contributed by atoms with Crippen LogP contribution in [0.1, 0.15) is 46.0 Å². The highest BCUT2D eigenvalue weighted by Gasteiger charge is 2.06. The Hall–Kier alpha value is -0.370. The van der Waals surface area contributed by atoms with Gasteiger partial charge in [-0.1, -0.05) is 20.3 Å². The number of Topliss-reactive ketones (excluding diaryl/α,β-unsaturated/α-hetero) is 1. The molecule has 0 spiro atoms. The fourth-order valence-electron chi connectivity index (χ4n) is 0.913. The number of carbonyl (C=O) groups is 1. The number of carbonyl (C=O) groups excluding carboxylic acids is 1. The molecule has 2 heteroatoms. The lowest BCUT2D eigenvalue weighted by Gasteiger charge is -2.06. The molecule has 0 aliphatic heterocycles. The second-order valence-electron chi connectivity index (χ2n) is 3.01. The molecule has 0 aliphatic carbocycles. The van der Waals surface area contributed by atoms with Gasteiger partial charge in [-0.15, -0.1) is 0 Å². The van der Waals surface area contributed by atoms with Crippen LogP contribution in [0.5, 0.6) is 0 Å². The summed E-state index contributed by atoms with van der Waals surface area (Å²) in [6.45, 7) is 4.10. The van der Waals surface area contributed by atoms with Gasteiger partial charge in [0.2, 0.25) is 0 Å². The van der Waals surface area contributed by atoms with Gasteiger partial charge < -0.3 is 5.73 Å². The molecule has 0 aromatic rings. The van der Waals surface area contributed by atoms with E-state index in [1.807, 2.05) is 6.92 Å². The monoisotopic (exact) mass is 157 g/mol. The van der Waals surface area contributed by atoms with Crippen molar-refractivity contribution in [2.75, 3.05) is 0 Å². The van der Waals surface area contributed by atoms with Crippen molar-refractivity contribution in [3.8, 4) is 0 Å². The van der Waals surface area contributed by atoms with Crippen LogP contribution in [0.4, 0.5) is 0 Å². The van der Waals surface area contributed by atoms with Crippen LogP contribution in [0.15, 0.2) is 0 Å². The van der Waals surface area contributed by atoms with E-state index in [0.29, 0.717) is 18.6 Å². The minimum Gasteiger partial charge on any atom is -0.327 e. The average Bonchev–Trinajstić information content (AvgIpc) is 2.00. The van der Waals surface area contributed by atoms with Gasteiger partial charge in [-0.3, -0.25) is 4.79 Å². The van der Waals surface area contributed by atoms with E-state index in [0.717, 1.165) is 19.3 Å². The minimum atomic E-state index is 0.0827. The Bertz CT molecular complexity index is 112. The zero-order valence-corrected chi connectivity index (χ0v) is 7.60. The van der Waals surface area contributed by atoms with Crippen LogP contribution < -0.4 is 5.73 Å². The molecule has 2 N–H and O–H groups in total. The van der Waals surface area contributed by atoms with E-state index in [1.54, 1.807) is 0 Å². The van der Waals surface area contributed by atoms with Crippen LogP contribution in [-0.4, -0.2) is 11.8 Å². The first-order chi connectivity index (χ1) is 5.20. The summed E-state index contributed by atoms with van der Waals surface area (Å²) < 4.78 is 0. The van der Waals surface area contributed by atoms with Crippen LogP contribution in [-0.2, 0) is 4.79 Å². The molecule has 0 saturated heterocycles. The van der Waals surface area contributed by atoms with Gasteiger partial charge in [0.25, 0.3) is 0 Å². The predicted octanol–water partition coefficient (Wildman–Crippen LogP) is 1.87. The molecule has 0 aliphatic rings. The third-order valence-electron chi connectivity index (χ3n) is 1.82.